The topological polar surface area (TPSA) is 79.0 Å². The van der Waals surface area contributed by atoms with Gasteiger partial charge >= 0.3 is 0 Å². The second-order valence-electron chi connectivity index (χ2n) is 7.27. The maximum atomic E-state index is 13.0. The molecule has 0 aromatic heterocycles. The highest BCUT2D eigenvalue weighted by Gasteiger charge is 2.28. The van der Waals surface area contributed by atoms with Crippen LogP contribution in [0.4, 0.5) is 5.69 Å². The van der Waals surface area contributed by atoms with Gasteiger partial charge in [0.2, 0.25) is 15.9 Å². The Bertz CT molecular complexity index is 794. The van der Waals surface area contributed by atoms with E-state index in [9.17, 15) is 13.2 Å². The fourth-order valence-corrected chi connectivity index (χ4v) is 6.18. The van der Waals surface area contributed by atoms with Gasteiger partial charge < -0.3 is 10.1 Å². The number of carbonyl (C=O) groups excluding carboxylic acids is 1. The normalized spacial score (nSPS) is 22.6. The van der Waals surface area contributed by atoms with Gasteiger partial charge in [-0.1, -0.05) is 6.07 Å². The standard InChI is InChI=1S/C19H29N3O4S2/c1-15-3-4-17(13-18(15)28(24,25)22-6-9-26-10-7-22)20-19(23)14-21-8-12-27-11-5-16(21)2/h3-4,13,16H,5-12,14H2,1-2H3,(H,20,23)/t16-/m1/s1. The molecule has 1 aromatic rings. The first-order valence-corrected chi connectivity index (χ1v) is 12.3. The van der Waals surface area contributed by atoms with Gasteiger partial charge in [0.05, 0.1) is 24.7 Å². The molecule has 0 bridgehead atoms. The minimum absolute atomic E-state index is 0.114. The second kappa shape index (κ2) is 9.58. The molecule has 0 saturated carbocycles. The number of nitrogens with zero attached hydrogens (tertiary/aromatic N) is 2. The lowest BCUT2D eigenvalue weighted by atomic mass is 10.2. The summed E-state index contributed by atoms with van der Waals surface area (Å²) in [5, 5.41) is 2.88. The number of aryl methyl sites for hydroxylation is 1. The van der Waals surface area contributed by atoms with Gasteiger partial charge in [0.1, 0.15) is 0 Å². The fraction of sp³-hybridized carbons (Fsp3) is 0.632. The Morgan fingerprint density at radius 2 is 2.00 bits per heavy atom. The van der Waals surface area contributed by atoms with E-state index >= 15 is 0 Å². The molecule has 2 saturated heterocycles. The van der Waals surface area contributed by atoms with E-state index in [2.05, 4.69) is 17.1 Å². The summed E-state index contributed by atoms with van der Waals surface area (Å²) in [5.41, 5.74) is 1.18. The first kappa shape index (κ1) is 21.6. The molecule has 3 rings (SSSR count). The molecule has 9 heteroatoms. The van der Waals surface area contributed by atoms with Crippen LogP contribution in [0.15, 0.2) is 23.1 Å². The number of hydrogen-bond acceptors (Lipinski definition) is 6. The molecule has 1 aromatic carbocycles. The maximum Gasteiger partial charge on any atom is 0.243 e. The number of carbonyl (C=O) groups is 1. The van der Waals surface area contributed by atoms with E-state index in [-0.39, 0.29) is 10.8 Å². The summed E-state index contributed by atoms with van der Waals surface area (Å²) in [6.07, 6.45) is 1.07. The number of ether oxygens (including phenoxy) is 1. The van der Waals surface area contributed by atoms with E-state index in [0.717, 1.165) is 24.5 Å². The Morgan fingerprint density at radius 1 is 1.25 bits per heavy atom. The van der Waals surface area contributed by atoms with Crippen LogP contribution < -0.4 is 5.32 Å². The van der Waals surface area contributed by atoms with Gasteiger partial charge in [-0.05, 0) is 43.7 Å². The van der Waals surface area contributed by atoms with Crippen molar-refractivity contribution in [2.24, 2.45) is 0 Å². The van der Waals surface area contributed by atoms with Crippen LogP contribution in [0.1, 0.15) is 18.9 Å². The third kappa shape index (κ3) is 5.27. The Kier molecular flexibility index (Phi) is 7.38. The Hall–Kier alpha value is -1.13. The highest BCUT2D eigenvalue weighted by atomic mass is 32.2. The zero-order chi connectivity index (χ0) is 20.1. The summed E-state index contributed by atoms with van der Waals surface area (Å²) in [7, 11) is -3.60. The van der Waals surface area contributed by atoms with Gasteiger partial charge in [-0.3, -0.25) is 9.69 Å². The van der Waals surface area contributed by atoms with Crippen molar-refractivity contribution in [3.8, 4) is 0 Å². The third-order valence-electron chi connectivity index (χ3n) is 5.23. The Balaban J connectivity index is 1.71. The van der Waals surface area contributed by atoms with Gasteiger partial charge in [-0.25, -0.2) is 8.42 Å². The predicted octanol–water partition coefficient (Wildman–Crippen LogP) is 1.78. The van der Waals surface area contributed by atoms with Crippen molar-refractivity contribution in [2.45, 2.75) is 31.2 Å². The highest BCUT2D eigenvalue weighted by molar-refractivity contribution is 7.99. The van der Waals surface area contributed by atoms with Crippen molar-refractivity contribution in [1.82, 2.24) is 9.21 Å². The highest BCUT2D eigenvalue weighted by Crippen LogP contribution is 2.24. The number of benzene rings is 1. The van der Waals surface area contributed by atoms with E-state index in [1.54, 1.807) is 25.1 Å². The fourth-order valence-electron chi connectivity index (χ4n) is 3.44. The quantitative estimate of drug-likeness (QED) is 0.772. The summed E-state index contributed by atoms with van der Waals surface area (Å²) in [6.45, 7) is 6.65. The van der Waals surface area contributed by atoms with Crippen LogP contribution in [0.25, 0.3) is 0 Å². The van der Waals surface area contributed by atoms with Gasteiger partial charge in [-0.15, -0.1) is 0 Å². The van der Waals surface area contributed by atoms with E-state index in [1.807, 2.05) is 11.8 Å². The molecule has 0 aliphatic carbocycles. The molecule has 28 heavy (non-hydrogen) atoms. The van der Waals surface area contributed by atoms with Crippen molar-refractivity contribution in [3.05, 3.63) is 23.8 Å². The van der Waals surface area contributed by atoms with Gasteiger partial charge in [-0.2, -0.15) is 16.1 Å². The smallest absolute Gasteiger partial charge is 0.243 e. The zero-order valence-electron chi connectivity index (χ0n) is 16.5. The van der Waals surface area contributed by atoms with Crippen molar-refractivity contribution in [1.29, 1.82) is 0 Å². The molecular weight excluding hydrogens is 398 g/mol. The number of hydrogen-bond donors (Lipinski definition) is 1. The minimum atomic E-state index is -3.60. The number of rotatable bonds is 5. The van der Waals surface area contributed by atoms with Gasteiger partial charge in [0.15, 0.2) is 0 Å². The van der Waals surface area contributed by atoms with E-state index < -0.39 is 10.0 Å². The summed E-state index contributed by atoms with van der Waals surface area (Å²) < 4.78 is 32.7. The van der Waals surface area contributed by atoms with E-state index in [0.29, 0.717) is 50.1 Å². The molecule has 2 heterocycles. The molecule has 1 amide bonds. The first-order valence-electron chi connectivity index (χ1n) is 9.68. The van der Waals surface area contributed by atoms with Crippen LogP contribution in [0, 0.1) is 6.92 Å². The molecule has 156 valence electrons. The SMILES string of the molecule is Cc1ccc(NC(=O)CN2CCSCC[C@H]2C)cc1S(=O)(=O)N1CCOCC1. The summed E-state index contributed by atoms with van der Waals surface area (Å²) in [5.74, 6) is 2.04. The van der Waals surface area contributed by atoms with Gasteiger partial charge in [0.25, 0.3) is 0 Å². The van der Waals surface area contributed by atoms with Crippen molar-refractivity contribution in [2.75, 3.05) is 56.2 Å². The number of anilines is 1. The van der Waals surface area contributed by atoms with Crippen LogP contribution >= 0.6 is 11.8 Å². The molecule has 2 aliphatic heterocycles. The van der Waals surface area contributed by atoms with E-state index in [4.69, 9.17) is 4.74 Å². The minimum Gasteiger partial charge on any atom is -0.379 e. The van der Waals surface area contributed by atoms with Crippen LogP contribution in [0.3, 0.4) is 0 Å². The summed E-state index contributed by atoms with van der Waals surface area (Å²) >= 11 is 1.92. The molecule has 2 aliphatic rings. The Labute approximate surface area is 171 Å². The van der Waals surface area contributed by atoms with E-state index in [1.165, 1.54) is 4.31 Å². The molecule has 0 radical (unpaired) electrons. The molecule has 2 fully saturated rings. The number of thioether (sulfide) groups is 1. The lowest BCUT2D eigenvalue weighted by Gasteiger charge is -2.27. The number of morpholine rings is 1. The maximum absolute atomic E-state index is 13.0. The predicted molar refractivity (Wildman–Crippen MR) is 112 cm³/mol. The van der Waals surface area contributed by atoms with Crippen molar-refractivity contribution >= 4 is 33.4 Å². The third-order valence-corrected chi connectivity index (χ3v) is 8.27. The molecular formula is C19H29N3O4S2. The average Bonchev–Trinajstić information content (AvgIpc) is 2.88. The molecule has 0 unspecified atom stereocenters. The monoisotopic (exact) mass is 427 g/mol. The average molecular weight is 428 g/mol. The van der Waals surface area contributed by atoms with Crippen molar-refractivity contribution in [3.63, 3.8) is 0 Å². The lowest BCUT2D eigenvalue weighted by Crippen LogP contribution is -2.41. The van der Waals surface area contributed by atoms with Crippen LogP contribution in [-0.4, -0.2) is 80.5 Å². The first-order chi connectivity index (χ1) is 13.4. The van der Waals surface area contributed by atoms with Crippen molar-refractivity contribution < 1.29 is 17.9 Å². The molecule has 1 N–H and O–H groups in total. The molecule has 1 atom stereocenters. The number of amides is 1. The van der Waals surface area contributed by atoms with Gasteiger partial charge in [0, 0.05) is 37.1 Å². The van der Waals surface area contributed by atoms with Crippen LogP contribution in [0.5, 0.6) is 0 Å². The number of sulfonamides is 1. The lowest BCUT2D eigenvalue weighted by molar-refractivity contribution is -0.117. The Morgan fingerprint density at radius 3 is 2.75 bits per heavy atom. The summed E-state index contributed by atoms with van der Waals surface area (Å²) in [4.78, 5) is 15.0. The zero-order valence-corrected chi connectivity index (χ0v) is 18.2. The molecule has 0 spiro atoms. The number of nitrogens with one attached hydrogen (secondary N) is 1. The second-order valence-corrected chi connectivity index (χ2v) is 10.4. The van der Waals surface area contributed by atoms with Crippen LogP contribution in [-0.2, 0) is 19.6 Å². The molecule has 7 nitrogen and oxygen atoms in total. The summed E-state index contributed by atoms with van der Waals surface area (Å²) in [6, 6.07) is 5.44. The van der Waals surface area contributed by atoms with Crippen LogP contribution in [0.2, 0.25) is 0 Å². The largest absolute Gasteiger partial charge is 0.379 e.